The van der Waals surface area contributed by atoms with Crippen LogP contribution >= 0.6 is 25.1 Å². The second-order valence-corrected chi connectivity index (χ2v) is 8.40. The molecule has 0 radical (unpaired) electrons. The minimum absolute atomic E-state index is 0. The summed E-state index contributed by atoms with van der Waals surface area (Å²) in [5.41, 5.74) is 2.27. The number of fused-ring (bicyclic) bond motifs is 1. The molecule has 0 unspecified atom stereocenters. The predicted octanol–water partition coefficient (Wildman–Crippen LogP) is 4.56. The fourth-order valence-electron chi connectivity index (χ4n) is 3.60. The van der Waals surface area contributed by atoms with Crippen LogP contribution in [0.15, 0.2) is 48.5 Å². The number of carbonyl (C=O) groups excluding carboxylic acids is 1. The van der Waals surface area contributed by atoms with Crippen molar-refractivity contribution in [2.75, 3.05) is 11.9 Å². The molecule has 1 atom stereocenters. The molecule has 1 aromatic heterocycles. The summed E-state index contributed by atoms with van der Waals surface area (Å²) in [4.78, 5) is 19.1. The lowest BCUT2D eigenvalue weighted by atomic mass is 10.1. The molecule has 2 N–H and O–H groups in total. The number of aliphatic hydroxyl groups excluding tert-OH is 1. The number of aromatic nitrogens is 2. The van der Waals surface area contributed by atoms with Crippen molar-refractivity contribution in [3.8, 4) is 11.3 Å². The Kier molecular flexibility index (Phi) is 7.48. The molecule has 2 heterocycles. The van der Waals surface area contributed by atoms with Crippen LogP contribution in [0.4, 0.5) is 15.9 Å². The second-order valence-electron chi connectivity index (χ2n) is 7.96. The summed E-state index contributed by atoms with van der Waals surface area (Å²) >= 11 is 6.01. The number of amides is 1. The average Bonchev–Trinajstić information content (AvgIpc) is 3.12. The van der Waals surface area contributed by atoms with Gasteiger partial charge in [0.05, 0.1) is 6.54 Å². The van der Waals surface area contributed by atoms with E-state index in [0.29, 0.717) is 36.2 Å². The van der Waals surface area contributed by atoms with E-state index in [1.54, 1.807) is 29.2 Å². The fraction of sp³-hybridized carbons (Fsp3) is 0.304. The molecule has 9 heteroatoms. The number of benzene rings is 2. The van der Waals surface area contributed by atoms with Gasteiger partial charge in [0.1, 0.15) is 29.3 Å². The minimum Gasteiger partial charge on any atom is -0.383 e. The number of carbonyl (C=O) groups is 1. The Morgan fingerprint density at radius 1 is 1.12 bits per heavy atom. The van der Waals surface area contributed by atoms with Gasteiger partial charge < -0.3 is 19.9 Å². The Bertz CT molecular complexity index is 1090. The largest absolute Gasteiger partial charge is 0.383 e. The number of imidazole rings is 1. The SMILES string of the molecule is CC(C)[C@H](O)C(=O)N1CCn2c(nc(-c3ccc(F)cc3)c2Nc2ccc(Cl)cc2)C1.S. The van der Waals surface area contributed by atoms with E-state index in [4.69, 9.17) is 16.6 Å². The van der Waals surface area contributed by atoms with E-state index in [1.807, 2.05) is 30.5 Å². The van der Waals surface area contributed by atoms with E-state index < -0.39 is 6.10 Å². The number of anilines is 2. The topological polar surface area (TPSA) is 70.4 Å². The predicted molar refractivity (Wildman–Crippen MR) is 129 cm³/mol. The van der Waals surface area contributed by atoms with Gasteiger partial charge in [-0.15, -0.1) is 0 Å². The molecule has 2 aromatic carbocycles. The van der Waals surface area contributed by atoms with Crippen LogP contribution in [0.2, 0.25) is 5.02 Å². The lowest BCUT2D eigenvalue weighted by Crippen LogP contribution is -2.45. The summed E-state index contributed by atoms with van der Waals surface area (Å²) in [6, 6.07) is 13.5. The van der Waals surface area contributed by atoms with E-state index in [0.717, 1.165) is 17.1 Å². The van der Waals surface area contributed by atoms with Crippen molar-refractivity contribution in [3.63, 3.8) is 0 Å². The van der Waals surface area contributed by atoms with Gasteiger partial charge in [-0.3, -0.25) is 4.79 Å². The first-order chi connectivity index (χ1) is 14.8. The first kappa shape index (κ1) is 24.1. The Hall–Kier alpha value is -2.55. The van der Waals surface area contributed by atoms with Gasteiger partial charge in [0.15, 0.2) is 0 Å². The number of nitrogens with one attached hydrogen (secondary N) is 1. The third kappa shape index (κ3) is 4.92. The van der Waals surface area contributed by atoms with Crippen molar-refractivity contribution in [3.05, 3.63) is 65.2 Å². The van der Waals surface area contributed by atoms with Crippen LogP contribution in [0, 0.1) is 11.7 Å². The van der Waals surface area contributed by atoms with E-state index in [-0.39, 0.29) is 31.1 Å². The average molecular weight is 477 g/mol. The molecule has 0 aliphatic carbocycles. The van der Waals surface area contributed by atoms with Crippen molar-refractivity contribution >= 4 is 42.5 Å². The maximum atomic E-state index is 13.5. The summed E-state index contributed by atoms with van der Waals surface area (Å²) in [7, 11) is 0. The molecule has 0 bridgehead atoms. The van der Waals surface area contributed by atoms with E-state index in [2.05, 4.69) is 5.32 Å². The third-order valence-electron chi connectivity index (χ3n) is 5.39. The van der Waals surface area contributed by atoms with Gasteiger partial charge in [0.2, 0.25) is 0 Å². The van der Waals surface area contributed by atoms with Crippen molar-refractivity contribution in [1.82, 2.24) is 14.5 Å². The molecule has 0 saturated carbocycles. The quantitative estimate of drug-likeness (QED) is 0.566. The highest BCUT2D eigenvalue weighted by atomic mass is 35.5. The Morgan fingerprint density at radius 2 is 1.78 bits per heavy atom. The van der Waals surface area contributed by atoms with Crippen molar-refractivity contribution in [2.45, 2.75) is 33.0 Å². The fourth-order valence-corrected chi connectivity index (χ4v) is 3.72. The Morgan fingerprint density at radius 3 is 2.41 bits per heavy atom. The van der Waals surface area contributed by atoms with Gasteiger partial charge in [-0.05, 0) is 54.4 Å². The van der Waals surface area contributed by atoms with Crippen LogP contribution < -0.4 is 5.32 Å². The van der Waals surface area contributed by atoms with Crippen molar-refractivity contribution < 1.29 is 14.3 Å². The molecule has 0 spiro atoms. The van der Waals surface area contributed by atoms with Gasteiger partial charge in [0.25, 0.3) is 5.91 Å². The molecule has 3 aromatic rings. The van der Waals surface area contributed by atoms with Crippen molar-refractivity contribution in [1.29, 1.82) is 0 Å². The molecule has 1 aliphatic heterocycles. The summed E-state index contributed by atoms with van der Waals surface area (Å²) < 4.78 is 15.5. The zero-order valence-corrected chi connectivity index (χ0v) is 19.6. The number of hydrogen-bond donors (Lipinski definition) is 2. The molecule has 0 saturated heterocycles. The van der Waals surface area contributed by atoms with Gasteiger partial charge in [-0.25, -0.2) is 9.37 Å². The minimum atomic E-state index is -1.04. The van der Waals surface area contributed by atoms with Crippen LogP contribution in [0.3, 0.4) is 0 Å². The van der Waals surface area contributed by atoms with E-state index >= 15 is 0 Å². The standard InChI is InChI=1S/C23H24ClFN4O2.H2S/c1-14(2)21(30)23(31)28-11-12-29-19(13-28)27-20(15-3-7-17(25)8-4-15)22(29)26-18-9-5-16(24)6-10-18;/h3-10,14,21,26,30H,11-13H2,1-2H3;1H2/t21-;/m0./s1. The van der Waals surface area contributed by atoms with Gasteiger partial charge in [-0.1, -0.05) is 25.4 Å². The summed E-state index contributed by atoms with van der Waals surface area (Å²) in [6.07, 6.45) is -1.04. The summed E-state index contributed by atoms with van der Waals surface area (Å²) in [6.45, 7) is 4.90. The van der Waals surface area contributed by atoms with Gasteiger partial charge >= 0.3 is 0 Å². The van der Waals surface area contributed by atoms with Crippen LogP contribution in [0.5, 0.6) is 0 Å². The molecule has 32 heavy (non-hydrogen) atoms. The van der Waals surface area contributed by atoms with E-state index in [1.165, 1.54) is 12.1 Å². The number of hydrogen-bond acceptors (Lipinski definition) is 4. The zero-order valence-electron chi connectivity index (χ0n) is 17.8. The number of nitrogens with zero attached hydrogens (tertiary/aromatic N) is 3. The van der Waals surface area contributed by atoms with Gasteiger partial charge in [-0.2, -0.15) is 13.5 Å². The Balaban J connectivity index is 0.00000289. The normalized spacial score (nSPS) is 14.0. The molecule has 0 fully saturated rings. The molecular formula is C23H26ClFN4O2S. The van der Waals surface area contributed by atoms with Gasteiger partial charge in [0, 0.05) is 29.4 Å². The third-order valence-corrected chi connectivity index (χ3v) is 5.65. The van der Waals surface area contributed by atoms with Crippen molar-refractivity contribution in [2.24, 2.45) is 5.92 Å². The summed E-state index contributed by atoms with van der Waals surface area (Å²) in [5, 5.41) is 14.2. The van der Waals surface area contributed by atoms with Crippen LogP contribution in [-0.4, -0.2) is 38.1 Å². The highest BCUT2D eigenvalue weighted by Gasteiger charge is 2.31. The molecule has 1 amide bonds. The zero-order chi connectivity index (χ0) is 22.1. The second kappa shape index (κ2) is 9.94. The number of halogens is 2. The maximum Gasteiger partial charge on any atom is 0.252 e. The number of aliphatic hydroxyl groups is 1. The molecular weight excluding hydrogens is 451 g/mol. The monoisotopic (exact) mass is 476 g/mol. The molecule has 4 rings (SSSR count). The Labute approximate surface area is 198 Å². The molecule has 170 valence electrons. The number of rotatable bonds is 5. The van der Waals surface area contributed by atoms with Crippen LogP contribution in [0.25, 0.3) is 11.3 Å². The van der Waals surface area contributed by atoms with Crippen LogP contribution in [-0.2, 0) is 17.9 Å². The molecule has 1 aliphatic rings. The highest BCUT2D eigenvalue weighted by molar-refractivity contribution is 7.59. The maximum absolute atomic E-state index is 13.5. The first-order valence-electron chi connectivity index (χ1n) is 10.2. The molecule has 6 nitrogen and oxygen atoms in total. The smallest absolute Gasteiger partial charge is 0.252 e. The lowest BCUT2D eigenvalue weighted by molar-refractivity contribution is -0.144. The lowest BCUT2D eigenvalue weighted by Gasteiger charge is -2.31. The first-order valence-corrected chi connectivity index (χ1v) is 10.6. The van der Waals surface area contributed by atoms with E-state index in [9.17, 15) is 14.3 Å². The highest BCUT2D eigenvalue weighted by Crippen LogP contribution is 2.33. The summed E-state index contributed by atoms with van der Waals surface area (Å²) in [5.74, 6) is 0.692. The van der Waals surface area contributed by atoms with Crippen LogP contribution in [0.1, 0.15) is 19.7 Å².